The highest BCUT2D eigenvalue weighted by Crippen LogP contribution is 2.31. The standard InChI is InChI=1S/C13H9ClN4O2/c1-20-10-3-2-7(6-9(10)14)11-12-8(4-5-15-11)13(19)17-18-16-12/h2-6H,1H3,(H,16,17,19). The number of aromatic amines is 1. The van der Waals surface area contributed by atoms with E-state index in [9.17, 15) is 4.79 Å². The molecule has 0 amide bonds. The third-order valence-electron chi connectivity index (χ3n) is 2.90. The molecular formula is C13H9ClN4O2. The summed E-state index contributed by atoms with van der Waals surface area (Å²) >= 11 is 6.11. The number of halogens is 1. The molecule has 0 aliphatic carbocycles. The lowest BCUT2D eigenvalue weighted by atomic mass is 10.1. The van der Waals surface area contributed by atoms with Gasteiger partial charge in [-0.1, -0.05) is 16.8 Å². The molecular weight excluding hydrogens is 280 g/mol. The summed E-state index contributed by atoms with van der Waals surface area (Å²) in [7, 11) is 1.54. The van der Waals surface area contributed by atoms with Gasteiger partial charge in [0, 0.05) is 11.8 Å². The van der Waals surface area contributed by atoms with Crippen molar-refractivity contribution < 1.29 is 4.74 Å². The Morgan fingerprint density at radius 2 is 2.15 bits per heavy atom. The van der Waals surface area contributed by atoms with Crippen molar-refractivity contribution in [3.05, 3.63) is 45.8 Å². The lowest BCUT2D eigenvalue weighted by Gasteiger charge is -2.07. The Hall–Kier alpha value is -2.47. The molecule has 3 rings (SSSR count). The van der Waals surface area contributed by atoms with Crippen LogP contribution >= 0.6 is 11.6 Å². The van der Waals surface area contributed by atoms with E-state index in [-0.39, 0.29) is 5.56 Å². The Bertz CT molecular complexity index is 847. The number of H-pyrrole nitrogens is 1. The van der Waals surface area contributed by atoms with Crippen molar-refractivity contribution in [3.63, 3.8) is 0 Å². The number of nitrogens with zero attached hydrogens (tertiary/aromatic N) is 3. The van der Waals surface area contributed by atoms with E-state index in [0.29, 0.717) is 27.4 Å². The molecule has 2 aromatic heterocycles. The van der Waals surface area contributed by atoms with Gasteiger partial charge in [-0.05, 0) is 24.3 Å². The van der Waals surface area contributed by atoms with Crippen LogP contribution in [0.2, 0.25) is 5.02 Å². The van der Waals surface area contributed by atoms with Crippen LogP contribution in [0.15, 0.2) is 35.3 Å². The number of ether oxygens (including phenoxy) is 1. The van der Waals surface area contributed by atoms with Gasteiger partial charge in [-0.15, -0.1) is 5.10 Å². The highest BCUT2D eigenvalue weighted by molar-refractivity contribution is 6.32. The maximum atomic E-state index is 11.7. The number of hydrogen-bond acceptors (Lipinski definition) is 5. The van der Waals surface area contributed by atoms with Crippen molar-refractivity contribution in [1.82, 2.24) is 20.4 Å². The van der Waals surface area contributed by atoms with Crippen molar-refractivity contribution in [2.45, 2.75) is 0 Å². The second-order valence-electron chi connectivity index (χ2n) is 4.05. The Balaban J connectivity index is 2.27. The predicted molar refractivity (Wildman–Crippen MR) is 75.0 cm³/mol. The summed E-state index contributed by atoms with van der Waals surface area (Å²) in [6, 6.07) is 6.84. The van der Waals surface area contributed by atoms with Crippen LogP contribution in [-0.2, 0) is 0 Å². The second-order valence-corrected chi connectivity index (χ2v) is 4.45. The van der Waals surface area contributed by atoms with Gasteiger partial charge in [0.25, 0.3) is 5.56 Å². The van der Waals surface area contributed by atoms with Gasteiger partial charge in [-0.25, -0.2) is 5.10 Å². The van der Waals surface area contributed by atoms with Gasteiger partial charge >= 0.3 is 0 Å². The molecule has 6 nitrogen and oxygen atoms in total. The third kappa shape index (κ3) is 2.00. The van der Waals surface area contributed by atoms with Crippen LogP contribution in [0, 0.1) is 0 Å². The van der Waals surface area contributed by atoms with Crippen LogP contribution in [0.5, 0.6) is 5.75 Å². The highest BCUT2D eigenvalue weighted by atomic mass is 35.5. The summed E-state index contributed by atoms with van der Waals surface area (Å²) in [4.78, 5) is 16.0. The fourth-order valence-electron chi connectivity index (χ4n) is 1.94. The smallest absolute Gasteiger partial charge is 0.275 e. The zero-order chi connectivity index (χ0) is 14.1. The molecule has 0 atom stereocenters. The predicted octanol–water partition coefficient (Wildman–Crippen LogP) is 2.04. The van der Waals surface area contributed by atoms with E-state index in [4.69, 9.17) is 16.3 Å². The Morgan fingerprint density at radius 3 is 2.90 bits per heavy atom. The summed E-state index contributed by atoms with van der Waals surface area (Å²) < 4.78 is 5.11. The number of rotatable bonds is 2. The first kappa shape index (κ1) is 12.6. The number of fused-ring (bicyclic) bond motifs is 1. The summed E-state index contributed by atoms with van der Waals surface area (Å²) in [5, 5.41) is 10.7. The summed E-state index contributed by atoms with van der Waals surface area (Å²) in [5.41, 5.74) is 1.41. The monoisotopic (exact) mass is 288 g/mol. The third-order valence-corrected chi connectivity index (χ3v) is 3.19. The van der Waals surface area contributed by atoms with Crippen LogP contribution in [0.3, 0.4) is 0 Å². The number of aromatic nitrogens is 4. The van der Waals surface area contributed by atoms with E-state index in [2.05, 4.69) is 20.4 Å². The number of benzene rings is 1. The topological polar surface area (TPSA) is 80.8 Å². The average Bonchev–Trinajstić information content (AvgIpc) is 2.47. The molecule has 0 spiro atoms. The molecule has 2 heterocycles. The van der Waals surface area contributed by atoms with E-state index in [0.717, 1.165) is 5.56 Å². The van der Waals surface area contributed by atoms with Gasteiger partial charge < -0.3 is 4.74 Å². The van der Waals surface area contributed by atoms with Crippen molar-refractivity contribution in [3.8, 4) is 17.0 Å². The molecule has 100 valence electrons. The van der Waals surface area contributed by atoms with Gasteiger partial charge in [0.15, 0.2) is 0 Å². The zero-order valence-electron chi connectivity index (χ0n) is 10.4. The molecule has 3 aromatic rings. The van der Waals surface area contributed by atoms with Gasteiger partial charge in [0.2, 0.25) is 0 Å². The summed E-state index contributed by atoms with van der Waals surface area (Å²) in [6.45, 7) is 0. The number of pyridine rings is 1. The maximum absolute atomic E-state index is 11.7. The molecule has 0 fully saturated rings. The molecule has 1 aromatic carbocycles. The summed E-state index contributed by atoms with van der Waals surface area (Å²) in [6.07, 6.45) is 1.55. The average molecular weight is 289 g/mol. The molecule has 0 saturated carbocycles. The first-order valence-corrected chi connectivity index (χ1v) is 6.12. The van der Waals surface area contributed by atoms with Crippen LogP contribution in [0.4, 0.5) is 0 Å². The van der Waals surface area contributed by atoms with Gasteiger partial charge in [-0.3, -0.25) is 9.78 Å². The largest absolute Gasteiger partial charge is 0.495 e. The van der Waals surface area contributed by atoms with E-state index < -0.39 is 0 Å². The SMILES string of the molecule is COc1ccc(-c2nccc3c(=O)[nH]nnc23)cc1Cl. The molecule has 7 heteroatoms. The highest BCUT2D eigenvalue weighted by Gasteiger charge is 2.11. The number of nitrogens with one attached hydrogen (secondary N) is 1. The van der Waals surface area contributed by atoms with E-state index in [1.165, 1.54) is 0 Å². The number of methoxy groups -OCH3 is 1. The minimum atomic E-state index is -0.307. The maximum Gasteiger partial charge on any atom is 0.275 e. The van der Waals surface area contributed by atoms with Crippen molar-refractivity contribution >= 4 is 22.5 Å². The Morgan fingerprint density at radius 1 is 1.30 bits per heavy atom. The van der Waals surface area contributed by atoms with Crippen molar-refractivity contribution in [2.75, 3.05) is 7.11 Å². The Kier molecular flexibility index (Phi) is 3.08. The molecule has 0 saturated heterocycles. The van der Waals surface area contributed by atoms with Crippen LogP contribution in [0.1, 0.15) is 0 Å². The first-order chi connectivity index (χ1) is 9.70. The van der Waals surface area contributed by atoms with Gasteiger partial charge in [0.05, 0.1) is 23.2 Å². The molecule has 0 aliphatic rings. The van der Waals surface area contributed by atoms with Crippen LogP contribution < -0.4 is 10.3 Å². The minimum Gasteiger partial charge on any atom is -0.495 e. The fourth-order valence-corrected chi connectivity index (χ4v) is 2.20. The van der Waals surface area contributed by atoms with Gasteiger partial charge in [-0.2, -0.15) is 0 Å². The molecule has 0 aliphatic heterocycles. The normalized spacial score (nSPS) is 10.7. The summed E-state index contributed by atoms with van der Waals surface area (Å²) in [5.74, 6) is 0.569. The van der Waals surface area contributed by atoms with Crippen LogP contribution in [-0.4, -0.2) is 27.5 Å². The quantitative estimate of drug-likeness (QED) is 0.780. The Labute approximate surface area is 118 Å². The molecule has 0 radical (unpaired) electrons. The molecule has 0 bridgehead atoms. The van der Waals surface area contributed by atoms with Crippen LogP contribution in [0.25, 0.3) is 22.2 Å². The molecule has 0 unspecified atom stereocenters. The van der Waals surface area contributed by atoms with Crippen molar-refractivity contribution in [1.29, 1.82) is 0 Å². The first-order valence-electron chi connectivity index (χ1n) is 5.74. The van der Waals surface area contributed by atoms with E-state index in [1.54, 1.807) is 37.6 Å². The second kappa shape index (κ2) is 4.90. The lowest BCUT2D eigenvalue weighted by Crippen LogP contribution is -2.10. The van der Waals surface area contributed by atoms with Gasteiger partial charge in [0.1, 0.15) is 11.3 Å². The van der Waals surface area contributed by atoms with E-state index >= 15 is 0 Å². The zero-order valence-corrected chi connectivity index (χ0v) is 11.2. The fraction of sp³-hybridized carbons (Fsp3) is 0.0769. The van der Waals surface area contributed by atoms with E-state index in [1.807, 2.05) is 0 Å². The lowest BCUT2D eigenvalue weighted by molar-refractivity contribution is 0.415. The number of hydrogen-bond donors (Lipinski definition) is 1. The van der Waals surface area contributed by atoms with Crippen molar-refractivity contribution in [2.24, 2.45) is 0 Å². The molecule has 1 N–H and O–H groups in total. The molecule has 20 heavy (non-hydrogen) atoms. The minimum absolute atomic E-state index is 0.307.